The van der Waals surface area contributed by atoms with Gasteiger partial charge in [0.2, 0.25) is 0 Å². The van der Waals surface area contributed by atoms with Gasteiger partial charge in [-0.25, -0.2) is 9.97 Å². The number of para-hydroxylation sites is 1. The van der Waals surface area contributed by atoms with Gasteiger partial charge in [-0.1, -0.05) is 29.8 Å². The Morgan fingerprint density at radius 1 is 1.17 bits per heavy atom. The van der Waals surface area contributed by atoms with Crippen LogP contribution in [-0.2, 0) is 17.1 Å². The average Bonchev–Trinajstić information content (AvgIpc) is 2.59. The van der Waals surface area contributed by atoms with Gasteiger partial charge in [-0.05, 0) is 18.2 Å². The van der Waals surface area contributed by atoms with E-state index in [1.165, 1.54) is 0 Å². The van der Waals surface area contributed by atoms with Crippen molar-refractivity contribution in [3.05, 3.63) is 58.9 Å². The third kappa shape index (κ3) is 3.00. The van der Waals surface area contributed by atoms with Gasteiger partial charge in [0.15, 0.2) is 6.79 Å². The summed E-state index contributed by atoms with van der Waals surface area (Å²) in [5, 5.41) is 2.71. The summed E-state index contributed by atoms with van der Waals surface area (Å²) in [4.78, 5) is 8.70. The van der Waals surface area contributed by atoms with E-state index in [0.29, 0.717) is 11.6 Å². The van der Waals surface area contributed by atoms with E-state index < -0.39 is 0 Å². The molecular formula is C17H13ClN2O2S. The van der Waals surface area contributed by atoms with Crippen molar-refractivity contribution in [3.8, 4) is 5.75 Å². The maximum Gasteiger partial charge on any atom is 0.189 e. The zero-order valence-corrected chi connectivity index (χ0v) is 13.7. The van der Waals surface area contributed by atoms with Crippen molar-refractivity contribution in [1.29, 1.82) is 0 Å². The molecule has 2 heterocycles. The molecule has 4 nitrogen and oxygen atoms in total. The fourth-order valence-electron chi connectivity index (χ4n) is 2.61. The lowest BCUT2D eigenvalue weighted by atomic mass is 10.1. The van der Waals surface area contributed by atoms with Crippen molar-refractivity contribution in [1.82, 2.24) is 9.97 Å². The van der Waals surface area contributed by atoms with Gasteiger partial charge in [0.1, 0.15) is 17.1 Å². The highest BCUT2D eigenvalue weighted by Gasteiger charge is 2.17. The maximum absolute atomic E-state index is 6.21. The zero-order valence-electron chi connectivity index (χ0n) is 12.2. The standard InChI is InChI=1S/C17H13ClN2O2S/c18-13-5-11-7-21-10-22-16(11)12(6-13)8-23-17-14-3-1-2-4-15(14)19-9-20-17/h1-6,9H,7-8,10H2. The Kier molecular flexibility index (Phi) is 4.08. The summed E-state index contributed by atoms with van der Waals surface area (Å²) in [5.74, 6) is 1.61. The molecule has 0 radical (unpaired) electrons. The van der Waals surface area contributed by atoms with Gasteiger partial charge in [-0.3, -0.25) is 0 Å². The first kappa shape index (κ1) is 14.8. The van der Waals surface area contributed by atoms with Crippen LogP contribution in [0.2, 0.25) is 5.02 Å². The quantitative estimate of drug-likeness (QED) is 0.519. The molecule has 0 saturated carbocycles. The highest BCUT2D eigenvalue weighted by Crippen LogP contribution is 2.36. The van der Waals surface area contributed by atoms with Crippen LogP contribution in [0.1, 0.15) is 11.1 Å². The molecule has 1 aromatic heterocycles. The predicted octanol–water partition coefficient (Wildman–Crippen LogP) is 4.44. The van der Waals surface area contributed by atoms with Crippen LogP contribution in [0, 0.1) is 0 Å². The van der Waals surface area contributed by atoms with Crippen molar-refractivity contribution < 1.29 is 9.47 Å². The number of ether oxygens (including phenoxy) is 2. The molecular weight excluding hydrogens is 332 g/mol. The third-order valence-electron chi connectivity index (χ3n) is 3.62. The number of fused-ring (bicyclic) bond motifs is 2. The Hall–Kier alpha value is -1.82. The number of nitrogens with zero attached hydrogens (tertiary/aromatic N) is 2. The lowest BCUT2D eigenvalue weighted by molar-refractivity contribution is -0.0168. The predicted molar refractivity (Wildman–Crippen MR) is 90.8 cm³/mol. The van der Waals surface area contributed by atoms with E-state index in [9.17, 15) is 0 Å². The number of benzene rings is 2. The van der Waals surface area contributed by atoms with Crippen LogP contribution in [0.15, 0.2) is 47.8 Å². The Bertz CT molecular complexity index is 867. The van der Waals surface area contributed by atoms with E-state index in [1.54, 1.807) is 18.1 Å². The summed E-state index contributed by atoms with van der Waals surface area (Å²) in [6.45, 7) is 0.812. The van der Waals surface area contributed by atoms with Crippen LogP contribution in [0.3, 0.4) is 0 Å². The second-order valence-electron chi connectivity index (χ2n) is 5.15. The molecule has 0 spiro atoms. The summed E-state index contributed by atoms with van der Waals surface area (Å²) < 4.78 is 11.0. The molecule has 0 aliphatic carbocycles. The number of hydrogen-bond acceptors (Lipinski definition) is 5. The summed E-state index contributed by atoms with van der Waals surface area (Å²) in [6.07, 6.45) is 1.60. The maximum atomic E-state index is 6.21. The SMILES string of the molecule is Clc1cc2c(c(CSc3ncnc4ccccc34)c1)OCOC2. The van der Waals surface area contributed by atoms with Gasteiger partial charge in [0.05, 0.1) is 12.1 Å². The molecule has 0 fully saturated rings. The second kappa shape index (κ2) is 6.35. The lowest BCUT2D eigenvalue weighted by Gasteiger charge is -2.21. The van der Waals surface area contributed by atoms with Gasteiger partial charge in [-0.15, -0.1) is 11.8 Å². The van der Waals surface area contributed by atoms with Crippen molar-refractivity contribution in [3.63, 3.8) is 0 Å². The lowest BCUT2D eigenvalue weighted by Crippen LogP contribution is -2.13. The molecule has 3 aromatic rings. The molecule has 0 saturated heterocycles. The van der Waals surface area contributed by atoms with Crippen LogP contribution < -0.4 is 4.74 Å². The Morgan fingerprint density at radius 3 is 3.04 bits per heavy atom. The number of halogens is 1. The van der Waals surface area contributed by atoms with Gasteiger partial charge in [0, 0.05) is 27.3 Å². The van der Waals surface area contributed by atoms with E-state index in [1.807, 2.05) is 36.4 Å². The van der Waals surface area contributed by atoms with Crippen molar-refractivity contribution in [2.45, 2.75) is 17.4 Å². The average molecular weight is 345 g/mol. The summed E-state index contributed by atoms with van der Waals surface area (Å²) >= 11 is 7.87. The third-order valence-corrected chi connectivity index (χ3v) is 4.89. The van der Waals surface area contributed by atoms with Crippen LogP contribution in [0.5, 0.6) is 5.75 Å². The Labute approximate surface area is 142 Å². The molecule has 23 heavy (non-hydrogen) atoms. The number of thioether (sulfide) groups is 1. The molecule has 1 aliphatic heterocycles. The largest absolute Gasteiger partial charge is 0.467 e. The second-order valence-corrected chi connectivity index (χ2v) is 6.55. The number of hydrogen-bond donors (Lipinski definition) is 0. The zero-order chi connectivity index (χ0) is 15.6. The molecule has 0 bridgehead atoms. The minimum atomic E-state index is 0.280. The van der Waals surface area contributed by atoms with Gasteiger partial charge in [-0.2, -0.15) is 0 Å². The minimum Gasteiger partial charge on any atom is -0.467 e. The van der Waals surface area contributed by atoms with Crippen LogP contribution in [0.25, 0.3) is 10.9 Å². The smallest absolute Gasteiger partial charge is 0.189 e. The molecule has 2 aromatic carbocycles. The first-order valence-corrected chi connectivity index (χ1v) is 8.52. The fraction of sp³-hybridized carbons (Fsp3) is 0.176. The molecule has 6 heteroatoms. The molecule has 0 unspecified atom stereocenters. The molecule has 116 valence electrons. The van der Waals surface area contributed by atoms with Crippen LogP contribution in [-0.4, -0.2) is 16.8 Å². The number of rotatable bonds is 3. The minimum absolute atomic E-state index is 0.280. The topological polar surface area (TPSA) is 44.2 Å². The van der Waals surface area contributed by atoms with Crippen LogP contribution in [0.4, 0.5) is 0 Å². The highest BCUT2D eigenvalue weighted by molar-refractivity contribution is 7.98. The normalized spacial score (nSPS) is 13.6. The number of aromatic nitrogens is 2. The Morgan fingerprint density at radius 2 is 2.09 bits per heavy atom. The Balaban J connectivity index is 1.65. The monoisotopic (exact) mass is 344 g/mol. The van der Waals surface area contributed by atoms with Gasteiger partial charge < -0.3 is 9.47 Å². The van der Waals surface area contributed by atoms with E-state index in [2.05, 4.69) is 9.97 Å². The van der Waals surface area contributed by atoms with Gasteiger partial charge >= 0.3 is 0 Å². The van der Waals surface area contributed by atoms with Crippen molar-refractivity contribution in [2.24, 2.45) is 0 Å². The van der Waals surface area contributed by atoms with Crippen LogP contribution >= 0.6 is 23.4 Å². The molecule has 4 rings (SSSR count). The summed E-state index contributed by atoms with van der Waals surface area (Å²) in [7, 11) is 0. The van der Waals surface area contributed by atoms with E-state index in [4.69, 9.17) is 21.1 Å². The molecule has 0 N–H and O–H groups in total. The van der Waals surface area contributed by atoms with Gasteiger partial charge in [0.25, 0.3) is 0 Å². The van der Waals surface area contributed by atoms with Crippen molar-refractivity contribution >= 4 is 34.3 Å². The summed E-state index contributed by atoms with van der Waals surface area (Å²) in [5.41, 5.74) is 3.00. The molecule has 0 atom stereocenters. The van der Waals surface area contributed by atoms with E-state index in [0.717, 1.165) is 38.6 Å². The summed E-state index contributed by atoms with van der Waals surface area (Å²) in [6, 6.07) is 11.8. The van der Waals surface area contributed by atoms with Crippen molar-refractivity contribution in [2.75, 3.05) is 6.79 Å². The molecule has 1 aliphatic rings. The first-order chi connectivity index (χ1) is 11.3. The van der Waals surface area contributed by atoms with E-state index >= 15 is 0 Å². The first-order valence-electron chi connectivity index (χ1n) is 7.15. The fourth-order valence-corrected chi connectivity index (χ4v) is 3.83. The molecule has 0 amide bonds. The van der Waals surface area contributed by atoms with E-state index in [-0.39, 0.29) is 6.79 Å². The highest BCUT2D eigenvalue weighted by atomic mass is 35.5.